The highest BCUT2D eigenvalue weighted by atomic mass is 127. The standard InChI is InChI=1S/C21H36N4O2.HI/c1-14-7-4-5-8-16(14)23-20(22-13-17(26)25(2)3)24-18-15-9-12-27-19(15)21(18)10-6-11-21;/h14-16,18-19H,4-13H2,1-3H3,(H2,22,23,24);1H. The molecule has 1 spiro atoms. The highest BCUT2D eigenvalue weighted by molar-refractivity contribution is 14.0. The molecule has 160 valence electrons. The van der Waals surface area contributed by atoms with Crippen LogP contribution in [0, 0.1) is 17.3 Å². The van der Waals surface area contributed by atoms with E-state index in [0.717, 1.165) is 19.0 Å². The van der Waals surface area contributed by atoms with Crippen molar-refractivity contribution in [1.82, 2.24) is 15.5 Å². The summed E-state index contributed by atoms with van der Waals surface area (Å²) in [6.07, 6.45) is 10.5. The number of carbonyl (C=O) groups excluding carboxylic acids is 1. The SMILES string of the molecule is CC1CCCCC1NC(=NCC(=O)N(C)C)NC1C2CCOC2C12CCC2.I. The van der Waals surface area contributed by atoms with Gasteiger partial charge in [-0.2, -0.15) is 0 Å². The molecule has 0 radical (unpaired) electrons. The molecule has 0 aromatic rings. The summed E-state index contributed by atoms with van der Waals surface area (Å²) in [6.45, 7) is 3.43. The number of rotatable bonds is 4. The van der Waals surface area contributed by atoms with Gasteiger partial charge >= 0.3 is 0 Å². The van der Waals surface area contributed by atoms with Gasteiger partial charge in [0.2, 0.25) is 5.91 Å². The van der Waals surface area contributed by atoms with Gasteiger partial charge in [-0.1, -0.05) is 26.2 Å². The average Bonchev–Trinajstić information content (AvgIpc) is 3.02. The summed E-state index contributed by atoms with van der Waals surface area (Å²) in [5, 5.41) is 7.46. The number of nitrogens with zero attached hydrogens (tertiary/aromatic N) is 2. The molecule has 1 aliphatic heterocycles. The van der Waals surface area contributed by atoms with Crippen LogP contribution in [0.1, 0.15) is 58.3 Å². The third-order valence-corrected chi connectivity index (χ3v) is 7.63. The molecule has 2 N–H and O–H groups in total. The Morgan fingerprint density at radius 2 is 1.89 bits per heavy atom. The van der Waals surface area contributed by atoms with E-state index >= 15 is 0 Å². The molecular weight excluding hydrogens is 467 g/mol. The second-order valence-corrected chi connectivity index (χ2v) is 9.42. The number of likely N-dealkylation sites (N-methyl/N-ethyl adjacent to an activating group) is 1. The molecule has 1 heterocycles. The third kappa shape index (κ3) is 4.02. The number of carbonyl (C=O) groups is 1. The largest absolute Gasteiger partial charge is 0.377 e. The number of fused-ring (bicyclic) bond motifs is 2. The minimum Gasteiger partial charge on any atom is -0.377 e. The number of guanidine groups is 1. The van der Waals surface area contributed by atoms with E-state index in [4.69, 9.17) is 9.73 Å². The number of hydrogen-bond donors (Lipinski definition) is 2. The summed E-state index contributed by atoms with van der Waals surface area (Å²) in [7, 11) is 3.58. The Bertz CT molecular complexity index is 593. The maximum Gasteiger partial charge on any atom is 0.243 e. The van der Waals surface area contributed by atoms with Crippen LogP contribution in [0.3, 0.4) is 0 Å². The molecule has 3 aliphatic carbocycles. The van der Waals surface area contributed by atoms with Gasteiger partial charge in [0, 0.05) is 44.1 Å². The zero-order valence-electron chi connectivity index (χ0n) is 17.6. The lowest BCUT2D eigenvalue weighted by molar-refractivity contribution is -0.171. The Labute approximate surface area is 186 Å². The molecule has 0 aromatic heterocycles. The van der Waals surface area contributed by atoms with Crippen LogP contribution in [-0.4, -0.2) is 62.2 Å². The second-order valence-electron chi connectivity index (χ2n) is 9.42. The van der Waals surface area contributed by atoms with Crippen molar-refractivity contribution in [2.45, 2.75) is 76.5 Å². The minimum absolute atomic E-state index is 0. The van der Waals surface area contributed by atoms with Gasteiger partial charge in [0.15, 0.2) is 5.96 Å². The summed E-state index contributed by atoms with van der Waals surface area (Å²) in [5.74, 6) is 2.13. The zero-order chi connectivity index (χ0) is 19.0. The fourth-order valence-electron chi connectivity index (χ4n) is 5.73. The van der Waals surface area contributed by atoms with E-state index in [1.54, 1.807) is 19.0 Å². The monoisotopic (exact) mass is 504 g/mol. The predicted molar refractivity (Wildman–Crippen MR) is 122 cm³/mol. The zero-order valence-corrected chi connectivity index (χ0v) is 19.9. The molecule has 4 fully saturated rings. The van der Waals surface area contributed by atoms with Crippen LogP contribution >= 0.6 is 24.0 Å². The first-order valence-corrected chi connectivity index (χ1v) is 10.9. The lowest BCUT2D eigenvalue weighted by Gasteiger charge is -2.63. The lowest BCUT2D eigenvalue weighted by atomic mass is 9.46. The molecule has 5 unspecified atom stereocenters. The first-order chi connectivity index (χ1) is 13.0. The van der Waals surface area contributed by atoms with Crippen molar-refractivity contribution in [1.29, 1.82) is 0 Å². The molecule has 7 heteroatoms. The lowest BCUT2D eigenvalue weighted by Crippen LogP contribution is -2.73. The molecule has 6 nitrogen and oxygen atoms in total. The Morgan fingerprint density at radius 1 is 1.14 bits per heavy atom. The van der Waals surface area contributed by atoms with Crippen molar-refractivity contribution in [3.05, 3.63) is 0 Å². The summed E-state index contributed by atoms with van der Waals surface area (Å²) < 4.78 is 6.06. The molecule has 1 saturated heterocycles. The third-order valence-electron chi connectivity index (χ3n) is 7.63. The van der Waals surface area contributed by atoms with Crippen LogP contribution in [-0.2, 0) is 9.53 Å². The van der Waals surface area contributed by atoms with Gasteiger partial charge in [0.25, 0.3) is 0 Å². The van der Waals surface area contributed by atoms with Crippen LogP contribution in [0.15, 0.2) is 4.99 Å². The first-order valence-electron chi connectivity index (χ1n) is 10.9. The van der Waals surface area contributed by atoms with Crippen LogP contribution in [0.2, 0.25) is 0 Å². The summed E-state index contributed by atoms with van der Waals surface area (Å²) in [6, 6.07) is 0.894. The minimum atomic E-state index is 0. The number of aliphatic imine (C=N–C) groups is 1. The molecule has 0 aromatic carbocycles. The van der Waals surface area contributed by atoms with Gasteiger partial charge in [-0.15, -0.1) is 24.0 Å². The van der Waals surface area contributed by atoms with Gasteiger partial charge in [-0.25, -0.2) is 4.99 Å². The normalized spacial score (nSPS) is 35.8. The topological polar surface area (TPSA) is 66.0 Å². The quantitative estimate of drug-likeness (QED) is 0.351. The Morgan fingerprint density at radius 3 is 2.54 bits per heavy atom. The number of halogens is 1. The van der Waals surface area contributed by atoms with Gasteiger partial charge in [0.1, 0.15) is 6.54 Å². The van der Waals surface area contributed by atoms with Crippen molar-refractivity contribution in [3.8, 4) is 0 Å². The molecule has 3 saturated carbocycles. The maximum atomic E-state index is 12.1. The van der Waals surface area contributed by atoms with Gasteiger partial charge < -0.3 is 20.3 Å². The fourth-order valence-corrected chi connectivity index (χ4v) is 5.73. The average molecular weight is 504 g/mol. The summed E-state index contributed by atoms with van der Waals surface area (Å²) in [5.41, 5.74) is 0.313. The number of nitrogens with one attached hydrogen (secondary N) is 2. The number of amides is 1. The van der Waals surface area contributed by atoms with Crippen molar-refractivity contribution in [2.24, 2.45) is 22.2 Å². The van der Waals surface area contributed by atoms with E-state index in [9.17, 15) is 4.79 Å². The second kappa shape index (κ2) is 9.06. The van der Waals surface area contributed by atoms with Gasteiger partial charge in [0.05, 0.1) is 6.10 Å². The fraction of sp³-hybridized carbons (Fsp3) is 0.905. The van der Waals surface area contributed by atoms with Gasteiger partial charge in [-0.3, -0.25) is 4.79 Å². The smallest absolute Gasteiger partial charge is 0.243 e. The number of ether oxygens (including phenoxy) is 1. The molecule has 28 heavy (non-hydrogen) atoms. The summed E-state index contributed by atoms with van der Waals surface area (Å²) >= 11 is 0. The number of hydrogen-bond acceptors (Lipinski definition) is 3. The van der Waals surface area contributed by atoms with Crippen LogP contribution in [0.5, 0.6) is 0 Å². The van der Waals surface area contributed by atoms with E-state index in [0.29, 0.717) is 35.4 Å². The Balaban J connectivity index is 0.00000225. The van der Waals surface area contributed by atoms with Crippen molar-refractivity contribution >= 4 is 35.8 Å². The maximum absolute atomic E-state index is 12.1. The van der Waals surface area contributed by atoms with Crippen molar-refractivity contribution in [2.75, 3.05) is 27.2 Å². The van der Waals surface area contributed by atoms with Crippen LogP contribution in [0.4, 0.5) is 0 Å². The van der Waals surface area contributed by atoms with E-state index in [-0.39, 0.29) is 36.4 Å². The molecule has 0 bridgehead atoms. The molecule has 1 amide bonds. The molecule has 5 atom stereocenters. The predicted octanol–water partition coefficient (Wildman–Crippen LogP) is 2.76. The van der Waals surface area contributed by atoms with Crippen molar-refractivity contribution in [3.63, 3.8) is 0 Å². The molecule has 4 aliphatic rings. The Hall–Kier alpha value is -0.570. The summed E-state index contributed by atoms with van der Waals surface area (Å²) in [4.78, 5) is 18.4. The molecule has 4 rings (SSSR count). The van der Waals surface area contributed by atoms with Gasteiger partial charge in [-0.05, 0) is 38.0 Å². The highest BCUT2D eigenvalue weighted by Crippen LogP contribution is 2.62. The van der Waals surface area contributed by atoms with E-state index in [1.807, 2.05) is 0 Å². The van der Waals surface area contributed by atoms with Crippen LogP contribution in [0.25, 0.3) is 0 Å². The van der Waals surface area contributed by atoms with E-state index in [2.05, 4.69) is 17.6 Å². The van der Waals surface area contributed by atoms with E-state index in [1.165, 1.54) is 44.9 Å². The van der Waals surface area contributed by atoms with Crippen molar-refractivity contribution < 1.29 is 9.53 Å². The van der Waals surface area contributed by atoms with Crippen LogP contribution < -0.4 is 10.6 Å². The highest BCUT2D eigenvalue weighted by Gasteiger charge is 2.66. The first kappa shape index (κ1) is 22.1. The molecular formula is C21H37IN4O2. The van der Waals surface area contributed by atoms with E-state index < -0.39 is 0 Å². The Kier molecular flexibility index (Phi) is 7.16.